The molecule has 0 bridgehead atoms. The number of aromatic nitrogens is 2. The molecule has 160 valence electrons. The van der Waals surface area contributed by atoms with Gasteiger partial charge in [0.05, 0.1) is 12.5 Å². The lowest BCUT2D eigenvalue weighted by atomic mass is 10.0. The van der Waals surface area contributed by atoms with E-state index in [0.717, 1.165) is 0 Å². The van der Waals surface area contributed by atoms with E-state index in [1.165, 1.54) is 36.4 Å². The SMILES string of the molecule is Cc1cc(Nc2ccc(F)cc2)nc(NC(=S)NC(CC(=O)O)c2ccc(F)cc2)n1. The van der Waals surface area contributed by atoms with Gasteiger partial charge in [-0.3, -0.25) is 4.79 Å². The van der Waals surface area contributed by atoms with E-state index in [-0.39, 0.29) is 23.3 Å². The third kappa shape index (κ3) is 6.68. The number of rotatable bonds is 7. The highest BCUT2D eigenvalue weighted by molar-refractivity contribution is 7.80. The summed E-state index contributed by atoms with van der Waals surface area (Å²) in [5.41, 5.74) is 1.85. The van der Waals surface area contributed by atoms with E-state index < -0.39 is 17.8 Å². The molecule has 0 saturated carbocycles. The number of aliphatic carboxylic acids is 1. The molecule has 4 N–H and O–H groups in total. The monoisotopic (exact) mass is 443 g/mol. The molecular weight excluding hydrogens is 424 g/mol. The number of carbonyl (C=O) groups is 1. The summed E-state index contributed by atoms with van der Waals surface area (Å²) >= 11 is 5.29. The van der Waals surface area contributed by atoms with Crippen molar-refractivity contribution in [1.29, 1.82) is 0 Å². The fraction of sp³-hybridized carbons (Fsp3) is 0.143. The second-order valence-electron chi connectivity index (χ2n) is 6.65. The topological polar surface area (TPSA) is 99.2 Å². The molecule has 1 aromatic heterocycles. The largest absolute Gasteiger partial charge is 0.481 e. The van der Waals surface area contributed by atoms with Crippen LogP contribution in [0, 0.1) is 18.6 Å². The summed E-state index contributed by atoms with van der Waals surface area (Å²) in [7, 11) is 0. The van der Waals surface area contributed by atoms with E-state index in [9.17, 15) is 18.7 Å². The molecule has 0 aliphatic heterocycles. The van der Waals surface area contributed by atoms with Crippen LogP contribution in [0.5, 0.6) is 0 Å². The van der Waals surface area contributed by atoms with Crippen LogP contribution in [0.1, 0.15) is 23.7 Å². The Morgan fingerprint density at radius 1 is 1.06 bits per heavy atom. The summed E-state index contributed by atoms with van der Waals surface area (Å²) in [6.07, 6.45) is -0.264. The molecule has 31 heavy (non-hydrogen) atoms. The van der Waals surface area contributed by atoms with Gasteiger partial charge in [-0.15, -0.1) is 0 Å². The van der Waals surface area contributed by atoms with Crippen LogP contribution in [-0.4, -0.2) is 26.2 Å². The number of halogens is 2. The molecule has 0 aliphatic rings. The van der Waals surface area contributed by atoms with Crippen molar-refractivity contribution in [2.24, 2.45) is 0 Å². The number of carboxylic acids is 1. The molecule has 10 heteroatoms. The minimum absolute atomic E-state index is 0.105. The normalized spacial score (nSPS) is 11.5. The van der Waals surface area contributed by atoms with Gasteiger partial charge >= 0.3 is 5.97 Å². The standard InChI is InChI=1S/C21H19F2N5O2S/c1-12-10-18(25-16-8-6-15(23)7-9-16)27-20(24-12)28-21(31)26-17(11-19(29)30)13-2-4-14(22)5-3-13/h2-10,17H,11H2,1H3,(H,29,30)(H3,24,25,26,27,28,31). The van der Waals surface area contributed by atoms with E-state index in [2.05, 4.69) is 25.9 Å². The first-order chi connectivity index (χ1) is 14.8. The Kier molecular flexibility index (Phi) is 7.03. The summed E-state index contributed by atoms with van der Waals surface area (Å²) in [5.74, 6) is -1.16. The van der Waals surface area contributed by atoms with Crippen molar-refractivity contribution < 1.29 is 18.7 Å². The zero-order valence-electron chi connectivity index (χ0n) is 16.4. The van der Waals surface area contributed by atoms with Crippen molar-refractivity contribution in [3.63, 3.8) is 0 Å². The molecule has 0 aliphatic carbocycles. The van der Waals surface area contributed by atoms with Gasteiger partial charge in [0.2, 0.25) is 5.95 Å². The van der Waals surface area contributed by atoms with E-state index in [1.54, 1.807) is 25.1 Å². The second kappa shape index (κ2) is 9.90. The van der Waals surface area contributed by atoms with E-state index in [4.69, 9.17) is 12.2 Å². The second-order valence-corrected chi connectivity index (χ2v) is 7.06. The fourth-order valence-corrected chi connectivity index (χ4v) is 3.02. The summed E-state index contributed by atoms with van der Waals surface area (Å²) in [6, 6.07) is 12.3. The summed E-state index contributed by atoms with van der Waals surface area (Å²) in [6.45, 7) is 1.77. The highest BCUT2D eigenvalue weighted by atomic mass is 32.1. The molecule has 0 amide bonds. The number of thiocarbonyl (C=S) groups is 1. The first kappa shape index (κ1) is 22.0. The van der Waals surface area contributed by atoms with Crippen LogP contribution in [0.2, 0.25) is 0 Å². The molecule has 2 aromatic carbocycles. The lowest BCUT2D eigenvalue weighted by Gasteiger charge is -2.19. The van der Waals surface area contributed by atoms with Crippen LogP contribution in [0.25, 0.3) is 0 Å². The molecular formula is C21H19F2N5O2S. The average molecular weight is 443 g/mol. The Morgan fingerprint density at radius 3 is 2.29 bits per heavy atom. The van der Waals surface area contributed by atoms with Gasteiger partial charge in [-0.25, -0.2) is 13.8 Å². The summed E-state index contributed by atoms with van der Waals surface area (Å²) in [5, 5.41) is 18.1. The molecule has 1 heterocycles. The predicted octanol–water partition coefficient (Wildman–Crippen LogP) is 4.31. The number of aryl methyl sites for hydroxylation is 1. The molecule has 1 unspecified atom stereocenters. The van der Waals surface area contributed by atoms with Crippen LogP contribution < -0.4 is 16.0 Å². The fourth-order valence-electron chi connectivity index (χ4n) is 2.79. The van der Waals surface area contributed by atoms with Crippen LogP contribution >= 0.6 is 12.2 Å². The van der Waals surface area contributed by atoms with Crippen LogP contribution in [0.4, 0.5) is 26.2 Å². The molecule has 0 spiro atoms. The van der Waals surface area contributed by atoms with E-state index >= 15 is 0 Å². The highest BCUT2D eigenvalue weighted by Gasteiger charge is 2.17. The van der Waals surface area contributed by atoms with Gasteiger partial charge in [0.25, 0.3) is 0 Å². The Bertz CT molecular complexity index is 1080. The van der Waals surface area contributed by atoms with Gasteiger partial charge in [0.1, 0.15) is 17.5 Å². The zero-order chi connectivity index (χ0) is 22.4. The minimum atomic E-state index is -1.04. The highest BCUT2D eigenvalue weighted by Crippen LogP contribution is 2.19. The van der Waals surface area contributed by atoms with Gasteiger partial charge in [0.15, 0.2) is 5.11 Å². The van der Waals surface area contributed by atoms with Crippen molar-refractivity contribution in [2.45, 2.75) is 19.4 Å². The maximum absolute atomic E-state index is 13.2. The number of hydrogen-bond donors (Lipinski definition) is 4. The van der Waals surface area contributed by atoms with Gasteiger partial charge in [-0.2, -0.15) is 4.98 Å². The molecule has 3 aromatic rings. The Balaban J connectivity index is 1.72. The number of hydrogen-bond acceptors (Lipinski definition) is 5. The first-order valence-corrected chi connectivity index (χ1v) is 9.62. The maximum Gasteiger partial charge on any atom is 0.305 e. The van der Waals surface area contributed by atoms with Crippen molar-refractivity contribution in [3.8, 4) is 0 Å². The zero-order valence-corrected chi connectivity index (χ0v) is 17.2. The molecule has 0 saturated heterocycles. The van der Waals surface area contributed by atoms with Crippen LogP contribution in [-0.2, 0) is 4.79 Å². The van der Waals surface area contributed by atoms with E-state index in [1.807, 2.05) is 0 Å². The minimum Gasteiger partial charge on any atom is -0.481 e. The predicted molar refractivity (Wildman–Crippen MR) is 117 cm³/mol. The van der Waals surface area contributed by atoms with Crippen molar-refractivity contribution in [2.75, 3.05) is 10.6 Å². The third-order valence-electron chi connectivity index (χ3n) is 4.15. The number of benzene rings is 2. The lowest BCUT2D eigenvalue weighted by Crippen LogP contribution is -2.34. The lowest BCUT2D eigenvalue weighted by molar-refractivity contribution is -0.137. The van der Waals surface area contributed by atoms with Crippen molar-refractivity contribution >= 4 is 40.8 Å². The summed E-state index contributed by atoms with van der Waals surface area (Å²) in [4.78, 5) is 19.8. The number of nitrogens with zero attached hydrogens (tertiary/aromatic N) is 2. The van der Waals surface area contributed by atoms with Crippen molar-refractivity contribution in [1.82, 2.24) is 15.3 Å². The van der Waals surface area contributed by atoms with Gasteiger partial charge in [-0.1, -0.05) is 12.1 Å². The smallest absolute Gasteiger partial charge is 0.305 e. The van der Waals surface area contributed by atoms with Gasteiger partial charge < -0.3 is 21.1 Å². The van der Waals surface area contributed by atoms with Gasteiger partial charge in [-0.05, 0) is 61.1 Å². The number of carboxylic acid groups (broad SMARTS) is 1. The van der Waals surface area contributed by atoms with Crippen molar-refractivity contribution in [3.05, 3.63) is 77.5 Å². The quantitative estimate of drug-likeness (QED) is 0.401. The Labute approximate surface area is 182 Å². The average Bonchev–Trinajstić information content (AvgIpc) is 2.69. The molecule has 7 nitrogen and oxygen atoms in total. The molecule has 3 rings (SSSR count). The first-order valence-electron chi connectivity index (χ1n) is 9.21. The summed E-state index contributed by atoms with van der Waals surface area (Å²) < 4.78 is 26.3. The number of nitrogens with one attached hydrogen (secondary N) is 3. The van der Waals surface area contributed by atoms with Crippen LogP contribution in [0.3, 0.4) is 0 Å². The molecule has 0 fully saturated rings. The Hall–Kier alpha value is -3.66. The molecule has 0 radical (unpaired) electrons. The third-order valence-corrected chi connectivity index (χ3v) is 4.37. The molecule has 1 atom stereocenters. The maximum atomic E-state index is 13.2. The Morgan fingerprint density at radius 2 is 1.68 bits per heavy atom. The number of anilines is 3. The van der Waals surface area contributed by atoms with Gasteiger partial charge in [0, 0.05) is 17.4 Å². The van der Waals surface area contributed by atoms with Crippen LogP contribution in [0.15, 0.2) is 54.6 Å². The van der Waals surface area contributed by atoms with E-state index in [0.29, 0.717) is 22.8 Å².